The Bertz CT molecular complexity index is 244. The molecule has 0 aromatic heterocycles. The first-order chi connectivity index (χ1) is 6.83. The first kappa shape index (κ1) is 12.1. The molecule has 0 aliphatic carbocycles. The summed E-state index contributed by atoms with van der Waals surface area (Å²) in [6.45, 7) is -0.586. The minimum atomic E-state index is -4.31. The maximum absolute atomic E-state index is 12.1. The summed E-state index contributed by atoms with van der Waals surface area (Å²) in [5.41, 5.74) is 0. The molecule has 1 aliphatic rings. The molecule has 2 atom stereocenters. The number of amides is 1. The van der Waals surface area contributed by atoms with Crippen LogP contribution in [0.2, 0.25) is 0 Å². The summed E-state index contributed by atoms with van der Waals surface area (Å²) >= 11 is 0. The highest BCUT2D eigenvalue weighted by molar-refractivity contribution is 5.65. The number of aliphatic hydroxyl groups is 1. The normalized spacial score (nSPS) is 27.1. The van der Waals surface area contributed by atoms with Crippen molar-refractivity contribution in [2.45, 2.75) is 12.6 Å². The third kappa shape index (κ3) is 3.26. The van der Waals surface area contributed by atoms with Gasteiger partial charge in [-0.05, 0) is 5.92 Å². The van der Waals surface area contributed by atoms with Gasteiger partial charge >= 0.3 is 12.3 Å². The number of aliphatic hydroxyl groups excluding tert-OH is 1. The van der Waals surface area contributed by atoms with Crippen LogP contribution >= 0.6 is 0 Å². The molecule has 1 fully saturated rings. The van der Waals surface area contributed by atoms with Crippen molar-refractivity contribution in [2.24, 2.45) is 11.8 Å². The molecule has 0 saturated carbocycles. The molecule has 1 heterocycles. The Balaban J connectivity index is 2.60. The quantitative estimate of drug-likeness (QED) is 0.744. The summed E-state index contributed by atoms with van der Waals surface area (Å²) in [5, 5.41) is 17.5. The van der Waals surface area contributed by atoms with E-state index in [0.29, 0.717) is 0 Å². The highest BCUT2D eigenvalue weighted by Crippen LogP contribution is 2.33. The minimum absolute atomic E-state index is 0.0212. The van der Waals surface area contributed by atoms with Gasteiger partial charge in [-0.25, -0.2) is 4.79 Å². The van der Waals surface area contributed by atoms with E-state index in [2.05, 4.69) is 0 Å². The Labute approximate surface area is 84.3 Å². The van der Waals surface area contributed by atoms with Gasteiger partial charge < -0.3 is 15.1 Å². The zero-order valence-corrected chi connectivity index (χ0v) is 7.87. The Kier molecular flexibility index (Phi) is 3.43. The average Bonchev–Trinajstić information content (AvgIpc) is 2.44. The number of rotatable bonds is 2. The summed E-state index contributed by atoms with van der Waals surface area (Å²) in [5.74, 6) is -1.44. The summed E-state index contributed by atoms with van der Waals surface area (Å²) in [7, 11) is 0. The molecule has 0 spiro atoms. The summed E-state index contributed by atoms with van der Waals surface area (Å²) in [6.07, 6.45) is -6.59. The number of carbonyl (C=O) groups is 1. The van der Waals surface area contributed by atoms with E-state index in [1.54, 1.807) is 0 Å². The fourth-order valence-electron chi connectivity index (χ4n) is 1.83. The van der Waals surface area contributed by atoms with Crippen LogP contribution in [0.3, 0.4) is 0 Å². The summed E-state index contributed by atoms with van der Waals surface area (Å²) in [6, 6.07) is 0. The molecule has 88 valence electrons. The van der Waals surface area contributed by atoms with Crippen molar-refractivity contribution in [1.82, 2.24) is 4.90 Å². The minimum Gasteiger partial charge on any atom is -0.465 e. The Hall–Kier alpha value is -0.980. The van der Waals surface area contributed by atoms with Crippen LogP contribution < -0.4 is 0 Å². The molecule has 1 rings (SSSR count). The van der Waals surface area contributed by atoms with Crippen LogP contribution in [0.4, 0.5) is 18.0 Å². The van der Waals surface area contributed by atoms with Gasteiger partial charge in [0.2, 0.25) is 0 Å². The van der Waals surface area contributed by atoms with Gasteiger partial charge in [0.25, 0.3) is 0 Å². The summed E-state index contributed by atoms with van der Waals surface area (Å²) < 4.78 is 36.3. The van der Waals surface area contributed by atoms with Gasteiger partial charge in [-0.15, -0.1) is 0 Å². The maximum Gasteiger partial charge on any atom is 0.407 e. The van der Waals surface area contributed by atoms with Gasteiger partial charge in [0.15, 0.2) is 0 Å². The van der Waals surface area contributed by atoms with E-state index in [-0.39, 0.29) is 13.1 Å². The van der Waals surface area contributed by atoms with Crippen molar-refractivity contribution in [3.8, 4) is 0 Å². The number of halogens is 3. The van der Waals surface area contributed by atoms with E-state index >= 15 is 0 Å². The van der Waals surface area contributed by atoms with Gasteiger partial charge in [-0.1, -0.05) is 0 Å². The van der Waals surface area contributed by atoms with Crippen LogP contribution in [-0.4, -0.2) is 47.1 Å². The van der Waals surface area contributed by atoms with Crippen molar-refractivity contribution in [1.29, 1.82) is 0 Å². The van der Waals surface area contributed by atoms with E-state index < -0.39 is 37.1 Å². The van der Waals surface area contributed by atoms with Gasteiger partial charge in [-0.2, -0.15) is 13.2 Å². The average molecular weight is 227 g/mol. The number of hydrogen-bond donors (Lipinski definition) is 2. The lowest BCUT2D eigenvalue weighted by atomic mass is 9.93. The van der Waals surface area contributed by atoms with Crippen LogP contribution in [0.1, 0.15) is 6.42 Å². The molecule has 0 aromatic carbocycles. The Morgan fingerprint density at radius 1 is 1.33 bits per heavy atom. The molecular formula is C8H12F3NO3. The molecule has 0 unspecified atom stereocenters. The van der Waals surface area contributed by atoms with Crippen LogP contribution in [0.5, 0.6) is 0 Å². The number of hydrogen-bond acceptors (Lipinski definition) is 2. The molecule has 1 amide bonds. The van der Waals surface area contributed by atoms with Crippen molar-refractivity contribution in [3.05, 3.63) is 0 Å². The number of alkyl halides is 3. The number of nitrogens with zero attached hydrogens (tertiary/aromatic N) is 1. The predicted molar refractivity (Wildman–Crippen MR) is 44.3 cm³/mol. The van der Waals surface area contributed by atoms with Crippen molar-refractivity contribution >= 4 is 6.09 Å². The smallest absolute Gasteiger partial charge is 0.407 e. The first-order valence-electron chi connectivity index (χ1n) is 4.49. The van der Waals surface area contributed by atoms with Crippen LogP contribution in [0.25, 0.3) is 0 Å². The van der Waals surface area contributed by atoms with Crippen LogP contribution in [0, 0.1) is 11.8 Å². The van der Waals surface area contributed by atoms with Gasteiger partial charge in [0.05, 0.1) is 0 Å². The molecule has 1 saturated heterocycles. The van der Waals surface area contributed by atoms with Gasteiger partial charge in [0.1, 0.15) is 0 Å². The lowest BCUT2D eigenvalue weighted by Gasteiger charge is -2.17. The highest BCUT2D eigenvalue weighted by Gasteiger charge is 2.41. The maximum atomic E-state index is 12.1. The molecule has 0 bridgehead atoms. The summed E-state index contributed by atoms with van der Waals surface area (Å²) in [4.78, 5) is 11.5. The van der Waals surface area contributed by atoms with Gasteiger partial charge in [0, 0.05) is 32.0 Å². The van der Waals surface area contributed by atoms with Crippen molar-refractivity contribution in [2.75, 3.05) is 19.7 Å². The van der Waals surface area contributed by atoms with Crippen LogP contribution in [-0.2, 0) is 0 Å². The van der Waals surface area contributed by atoms with Gasteiger partial charge in [-0.3, -0.25) is 0 Å². The van der Waals surface area contributed by atoms with Crippen LogP contribution in [0.15, 0.2) is 0 Å². The topological polar surface area (TPSA) is 60.8 Å². The Morgan fingerprint density at radius 3 is 2.27 bits per heavy atom. The number of likely N-dealkylation sites (tertiary alicyclic amines) is 1. The fourth-order valence-corrected chi connectivity index (χ4v) is 1.83. The Morgan fingerprint density at radius 2 is 1.87 bits per heavy atom. The molecule has 15 heavy (non-hydrogen) atoms. The third-order valence-corrected chi connectivity index (χ3v) is 2.58. The van der Waals surface area contributed by atoms with E-state index in [0.717, 1.165) is 4.90 Å². The van der Waals surface area contributed by atoms with Crippen molar-refractivity contribution in [3.63, 3.8) is 0 Å². The van der Waals surface area contributed by atoms with E-state index in [1.807, 2.05) is 0 Å². The largest absolute Gasteiger partial charge is 0.465 e. The number of carboxylic acid groups (broad SMARTS) is 1. The lowest BCUT2D eigenvalue weighted by molar-refractivity contribution is -0.146. The van der Waals surface area contributed by atoms with E-state index in [4.69, 9.17) is 10.2 Å². The molecule has 1 aliphatic heterocycles. The molecular weight excluding hydrogens is 215 g/mol. The molecule has 2 N–H and O–H groups in total. The molecule has 0 radical (unpaired) electrons. The second-order valence-electron chi connectivity index (χ2n) is 3.71. The van der Waals surface area contributed by atoms with E-state index in [1.165, 1.54) is 0 Å². The standard InChI is InChI=1S/C8H12F3NO3/c9-8(10,11)1-5-2-12(7(14)15)3-6(5)4-13/h5-6,13H,1-4H2,(H,14,15)/t5-,6+/m0/s1. The highest BCUT2D eigenvalue weighted by atomic mass is 19.4. The third-order valence-electron chi connectivity index (χ3n) is 2.58. The molecule has 7 heteroatoms. The second kappa shape index (κ2) is 4.26. The molecule has 0 aromatic rings. The second-order valence-corrected chi connectivity index (χ2v) is 3.71. The zero-order valence-electron chi connectivity index (χ0n) is 7.87. The van der Waals surface area contributed by atoms with E-state index in [9.17, 15) is 18.0 Å². The fraction of sp³-hybridized carbons (Fsp3) is 0.875. The zero-order chi connectivity index (χ0) is 11.6. The first-order valence-corrected chi connectivity index (χ1v) is 4.49. The van der Waals surface area contributed by atoms with Crippen molar-refractivity contribution < 1.29 is 28.2 Å². The molecule has 4 nitrogen and oxygen atoms in total. The monoisotopic (exact) mass is 227 g/mol. The SMILES string of the molecule is O=C(O)N1C[C@H](CC(F)(F)F)[C@@H](CO)C1. The predicted octanol–water partition coefficient (Wildman–Crippen LogP) is 1.16. The lowest BCUT2D eigenvalue weighted by Crippen LogP contribution is -2.27.